The number of ether oxygens (including phenoxy) is 1. The van der Waals surface area contributed by atoms with E-state index < -0.39 is 0 Å². The van der Waals surface area contributed by atoms with Gasteiger partial charge in [-0.3, -0.25) is 4.90 Å². The van der Waals surface area contributed by atoms with Crippen LogP contribution in [0.2, 0.25) is 0 Å². The van der Waals surface area contributed by atoms with Gasteiger partial charge in [-0.1, -0.05) is 5.16 Å². The Hall–Kier alpha value is -0.980. The lowest BCUT2D eigenvalue weighted by atomic mass is 10.0. The normalized spacial score (nSPS) is 24.9. The summed E-state index contributed by atoms with van der Waals surface area (Å²) in [5, 5.41) is 7.56. The van der Waals surface area contributed by atoms with Crippen LogP contribution in [0.25, 0.3) is 0 Å². The van der Waals surface area contributed by atoms with E-state index in [1.54, 1.807) is 7.11 Å². The van der Waals surface area contributed by atoms with Crippen LogP contribution in [0.15, 0.2) is 4.52 Å². The van der Waals surface area contributed by atoms with Crippen molar-refractivity contribution in [3.63, 3.8) is 0 Å². The average molecular weight is 280 g/mol. The van der Waals surface area contributed by atoms with Crippen LogP contribution in [-0.4, -0.2) is 48.3 Å². The molecule has 6 nitrogen and oxygen atoms in total. The van der Waals surface area contributed by atoms with E-state index in [1.165, 1.54) is 12.8 Å². The van der Waals surface area contributed by atoms with Gasteiger partial charge in [-0.25, -0.2) is 0 Å². The molecule has 3 rings (SSSR count). The number of hydrogen-bond acceptors (Lipinski definition) is 6. The fourth-order valence-electron chi connectivity index (χ4n) is 3.28. The Morgan fingerprint density at radius 3 is 2.65 bits per heavy atom. The summed E-state index contributed by atoms with van der Waals surface area (Å²) in [5.74, 6) is 1.44. The summed E-state index contributed by atoms with van der Waals surface area (Å²) < 4.78 is 11.2. The predicted molar refractivity (Wildman–Crippen MR) is 74.3 cm³/mol. The van der Waals surface area contributed by atoms with Gasteiger partial charge in [0.2, 0.25) is 11.7 Å². The summed E-state index contributed by atoms with van der Waals surface area (Å²) in [6.07, 6.45) is 4.32. The van der Waals surface area contributed by atoms with Crippen LogP contribution < -0.4 is 5.32 Å². The summed E-state index contributed by atoms with van der Waals surface area (Å²) in [4.78, 5) is 7.02. The zero-order valence-electron chi connectivity index (χ0n) is 12.4. The molecule has 1 aromatic rings. The van der Waals surface area contributed by atoms with Crippen LogP contribution in [-0.2, 0) is 10.3 Å². The van der Waals surface area contributed by atoms with Crippen LogP contribution in [0.1, 0.15) is 50.4 Å². The third-order valence-corrected chi connectivity index (χ3v) is 4.71. The SMILES string of the molecule is COC1(c2noc(C(C)N3CCNCC3)n2)CCCC1. The smallest absolute Gasteiger partial charge is 0.243 e. The monoisotopic (exact) mass is 280 g/mol. The molecule has 1 saturated carbocycles. The number of methoxy groups -OCH3 is 1. The quantitative estimate of drug-likeness (QED) is 0.900. The van der Waals surface area contributed by atoms with Crippen molar-refractivity contribution in [2.24, 2.45) is 0 Å². The van der Waals surface area contributed by atoms with Crippen LogP contribution in [0, 0.1) is 0 Å². The molecule has 0 radical (unpaired) electrons. The summed E-state index contributed by atoms with van der Waals surface area (Å²) >= 11 is 0. The molecule has 1 unspecified atom stereocenters. The number of aromatic nitrogens is 2. The molecule has 0 amide bonds. The first-order chi connectivity index (χ1) is 9.75. The number of hydrogen-bond donors (Lipinski definition) is 1. The first kappa shape index (κ1) is 14.0. The summed E-state index contributed by atoms with van der Waals surface area (Å²) in [6.45, 7) is 6.22. The van der Waals surface area contributed by atoms with Gasteiger partial charge >= 0.3 is 0 Å². The van der Waals surface area contributed by atoms with Crippen molar-refractivity contribution >= 4 is 0 Å². The molecule has 1 N–H and O–H groups in total. The van der Waals surface area contributed by atoms with E-state index in [4.69, 9.17) is 9.26 Å². The Kier molecular flexibility index (Phi) is 4.05. The minimum Gasteiger partial charge on any atom is -0.370 e. The number of rotatable bonds is 4. The van der Waals surface area contributed by atoms with Gasteiger partial charge in [0.1, 0.15) is 5.60 Å². The number of piperazine rings is 1. The Labute approximate surface area is 119 Å². The molecule has 0 bridgehead atoms. The molecule has 6 heteroatoms. The fraction of sp³-hybridized carbons (Fsp3) is 0.857. The molecule has 1 aliphatic heterocycles. The molecular weight excluding hydrogens is 256 g/mol. The van der Waals surface area contributed by atoms with Crippen molar-refractivity contribution in [3.8, 4) is 0 Å². The van der Waals surface area contributed by atoms with Gasteiger partial charge in [-0.15, -0.1) is 0 Å². The Morgan fingerprint density at radius 2 is 2.00 bits per heavy atom. The first-order valence-corrected chi connectivity index (χ1v) is 7.59. The van der Waals surface area contributed by atoms with E-state index in [0.29, 0.717) is 5.89 Å². The van der Waals surface area contributed by atoms with Gasteiger partial charge in [0.15, 0.2) is 0 Å². The van der Waals surface area contributed by atoms with Gasteiger partial charge in [0.05, 0.1) is 6.04 Å². The van der Waals surface area contributed by atoms with Gasteiger partial charge in [0, 0.05) is 33.3 Å². The van der Waals surface area contributed by atoms with Crippen molar-refractivity contribution < 1.29 is 9.26 Å². The summed E-state index contributed by atoms with van der Waals surface area (Å²) in [6, 6.07) is 0.175. The molecule has 0 aromatic carbocycles. The maximum atomic E-state index is 5.71. The van der Waals surface area contributed by atoms with E-state index >= 15 is 0 Å². The molecule has 2 aliphatic rings. The van der Waals surface area contributed by atoms with E-state index in [1.807, 2.05) is 0 Å². The second-order valence-electron chi connectivity index (χ2n) is 5.82. The average Bonchev–Trinajstić information content (AvgIpc) is 3.17. The number of nitrogens with zero attached hydrogens (tertiary/aromatic N) is 3. The van der Waals surface area contributed by atoms with Gasteiger partial charge < -0.3 is 14.6 Å². The van der Waals surface area contributed by atoms with Gasteiger partial charge in [-0.05, 0) is 32.6 Å². The molecule has 1 aliphatic carbocycles. The minimum atomic E-state index is -0.315. The fourth-order valence-corrected chi connectivity index (χ4v) is 3.28. The third kappa shape index (κ3) is 2.47. The van der Waals surface area contributed by atoms with Crippen LogP contribution in [0.5, 0.6) is 0 Å². The second kappa shape index (κ2) is 5.79. The minimum absolute atomic E-state index is 0.175. The molecule has 2 fully saturated rings. The number of nitrogens with one attached hydrogen (secondary N) is 1. The lowest BCUT2D eigenvalue weighted by Gasteiger charge is -2.30. The zero-order valence-corrected chi connectivity index (χ0v) is 12.4. The maximum absolute atomic E-state index is 5.71. The first-order valence-electron chi connectivity index (χ1n) is 7.59. The molecular formula is C14H24N4O2. The Morgan fingerprint density at radius 1 is 1.30 bits per heavy atom. The van der Waals surface area contributed by atoms with E-state index in [0.717, 1.165) is 44.8 Å². The summed E-state index contributed by atoms with van der Waals surface area (Å²) in [7, 11) is 1.75. The molecule has 0 spiro atoms. The molecule has 1 aromatic heterocycles. The highest BCUT2D eigenvalue weighted by molar-refractivity contribution is 5.05. The van der Waals surface area contributed by atoms with Crippen molar-refractivity contribution in [3.05, 3.63) is 11.7 Å². The molecule has 1 atom stereocenters. The zero-order chi connectivity index (χ0) is 14.0. The molecule has 2 heterocycles. The van der Waals surface area contributed by atoms with E-state index in [-0.39, 0.29) is 11.6 Å². The third-order valence-electron chi connectivity index (χ3n) is 4.71. The van der Waals surface area contributed by atoms with Gasteiger partial charge in [0.25, 0.3) is 0 Å². The van der Waals surface area contributed by atoms with Crippen LogP contribution in [0.3, 0.4) is 0 Å². The van der Waals surface area contributed by atoms with Crippen molar-refractivity contribution in [2.45, 2.75) is 44.2 Å². The Bertz CT molecular complexity index is 436. The lowest BCUT2D eigenvalue weighted by Crippen LogP contribution is -2.44. The summed E-state index contributed by atoms with van der Waals surface area (Å²) in [5.41, 5.74) is -0.315. The van der Waals surface area contributed by atoms with Gasteiger partial charge in [-0.2, -0.15) is 4.98 Å². The lowest BCUT2D eigenvalue weighted by molar-refractivity contribution is -0.0178. The van der Waals surface area contributed by atoms with Crippen molar-refractivity contribution in [1.82, 2.24) is 20.4 Å². The standard InChI is InChI=1S/C14H24N4O2/c1-11(18-9-7-15-8-10-18)12-16-13(17-20-12)14(19-2)5-3-4-6-14/h11,15H,3-10H2,1-2H3. The van der Waals surface area contributed by atoms with Crippen molar-refractivity contribution in [1.29, 1.82) is 0 Å². The highest BCUT2D eigenvalue weighted by Gasteiger charge is 2.40. The second-order valence-corrected chi connectivity index (χ2v) is 5.82. The van der Waals surface area contributed by atoms with Crippen molar-refractivity contribution in [2.75, 3.05) is 33.3 Å². The predicted octanol–water partition coefficient (Wildman–Crippen LogP) is 1.45. The largest absolute Gasteiger partial charge is 0.370 e. The molecule has 112 valence electrons. The van der Waals surface area contributed by atoms with Crippen LogP contribution in [0.4, 0.5) is 0 Å². The molecule has 1 saturated heterocycles. The highest BCUT2D eigenvalue weighted by atomic mass is 16.5. The van der Waals surface area contributed by atoms with Crippen LogP contribution >= 0.6 is 0 Å². The Balaban J connectivity index is 1.75. The van der Waals surface area contributed by atoms with E-state index in [9.17, 15) is 0 Å². The topological polar surface area (TPSA) is 63.4 Å². The molecule has 20 heavy (non-hydrogen) atoms. The maximum Gasteiger partial charge on any atom is 0.243 e. The highest BCUT2D eigenvalue weighted by Crippen LogP contribution is 2.40. The van der Waals surface area contributed by atoms with E-state index in [2.05, 4.69) is 27.3 Å².